The normalized spacial score (nSPS) is 10.8. The topological polar surface area (TPSA) is 70.2 Å². The summed E-state index contributed by atoms with van der Waals surface area (Å²) in [6.07, 6.45) is 0.867. The van der Waals surface area contributed by atoms with E-state index in [1.54, 1.807) is 31.2 Å². The molecule has 1 aromatic heterocycles. The summed E-state index contributed by atoms with van der Waals surface area (Å²) in [5.74, 6) is 0.737. The summed E-state index contributed by atoms with van der Waals surface area (Å²) in [6.45, 7) is 3.22. The van der Waals surface area contributed by atoms with E-state index in [0.29, 0.717) is 39.6 Å². The quantitative estimate of drug-likeness (QED) is 0.718. The van der Waals surface area contributed by atoms with Crippen LogP contribution in [-0.2, 0) is 0 Å². The Morgan fingerprint density at radius 2 is 1.96 bits per heavy atom. The van der Waals surface area contributed by atoms with Gasteiger partial charge in [0.15, 0.2) is 0 Å². The standard InChI is InChI=1S/C17H21Cl2N5O/c1-11-21-15(17(25)20-7-4-8-24(2)3)10-16(22-11)23-14-9-12(18)5-6-13(14)19/h5-6,9-10H,4,7-8H2,1-3H3,(H,20,25)(H,21,22,23). The summed E-state index contributed by atoms with van der Waals surface area (Å²) in [6, 6.07) is 6.68. The van der Waals surface area contributed by atoms with Gasteiger partial charge in [-0.25, -0.2) is 9.97 Å². The minimum Gasteiger partial charge on any atom is -0.351 e. The fraction of sp³-hybridized carbons (Fsp3) is 0.353. The van der Waals surface area contributed by atoms with Crippen molar-refractivity contribution in [3.63, 3.8) is 0 Å². The summed E-state index contributed by atoms with van der Waals surface area (Å²) in [7, 11) is 3.99. The van der Waals surface area contributed by atoms with Gasteiger partial charge in [-0.3, -0.25) is 4.79 Å². The number of hydrogen-bond acceptors (Lipinski definition) is 5. The zero-order valence-electron chi connectivity index (χ0n) is 14.4. The summed E-state index contributed by atoms with van der Waals surface area (Å²) >= 11 is 12.1. The number of nitrogens with one attached hydrogen (secondary N) is 2. The maximum absolute atomic E-state index is 12.3. The van der Waals surface area contributed by atoms with Crippen molar-refractivity contribution in [2.24, 2.45) is 0 Å². The molecule has 2 N–H and O–H groups in total. The van der Waals surface area contributed by atoms with Gasteiger partial charge in [0, 0.05) is 17.6 Å². The van der Waals surface area contributed by atoms with Gasteiger partial charge in [0.05, 0.1) is 10.7 Å². The molecule has 0 unspecified atom stereocenters. The number of aryl methyl sites for hydroxylation is 1. The highest BCUT2D eigenvalue weighted by atomic mass is 35.5. The van der Waals surface area contributed by atoms with Crippen LogP contribution in [0.15, 0.2) is 24.3 Å². The Hall–Kier alpha value is -1.89. The Bertz CT molecular complexity index is 752. The van der Waals surface area contributed by atoms with Crippen molar-refractivity contribution in [2.45, 2.75) is 13.3 Å². The largest absolute Gasteiger partial charge is 0.351 e. The van der Waals surface area contributed by atoms with Crippen LogP contribution in [0, 0.1) is 6.92 Å². The van der Waals surface area contributed by atoms with Crippen LogP contribution in [0.5, 0.6) is 0 Å². The van der Waals surface area contributed by atoms with Gasteiger partial charge in [-0.2, -0.15) is 0 Å². The van der Waals surface area contributed by atoms with E-state index in [0.717, 1.165) is 13.0 Å². The van der Waals surface area contributed by atoms with Gasteiger partial charge in [-0.15, -0.1) is 0 Å². The molecule has 0 aliphatic heterocycles. The highest BCUT2D eigenvalue weighted by Gasteiger charge is 2.11. The summed E-state index contributed by atoms with van der Waals surface area (Å²) in [5.41, 5.74) is 0.919. The molecule has 0 aliphatic rings. The van der Waals surface area contributed by atoms with E-state index in [2.05, 4.69) is 25.5 Å². The zero-order chi connectivity index (χ0) is 18.4. The SMILES string of the molecule is Cc1nc(Nc2cc(Cl)ccc2Cl)cc(C(=O)NCCCN(C)C)n1. The molecule has 1 aromatic carbocycles. The van der Waals surface area contributed by atoms with Crippen molar-refractivity contribution in [3.05, 3.63) is 45.8 Å². The lowest BCUT2D eigenvalue weighted by molar-refractivity contribution is 0.0947. The molecule has 0 saturated carbocycles. The van der Waals surface area contributed by atoms with Gasteiger partial charge >= 0.3 is 0 Å². The van der Waals surface area contributed by atoms with E-state index >= 15 is 0 Å². The number of amides is 1. The van der Waals surface area contributed by atoms with Gasteiger partial charge in [0.2, 0.25) is 0 Å². The number of aromatic nitrogens is 2. The maximum atomic E-state index is 12.3. The number of carbonyl (C=O) groups excluding carboxylic acids is 1. The molecule has 0 saturated heterocycles. The van der Waals surface area contributed by atoms with Gasteiger partial charge in [-0.05, 0) is 52.2 Å². The number of carbonyl (C=O) groups is 1. The van der Waals surface area contributed by atoms with Crippen molar-refractivity contribution < 1.29 is 4.79 Å². The molecule has 0 fully saturated rings. The average Bonchev–Trinajstić information content (AvgIpc) is 2.54. The number of hydrogen-bond donors (Lipinski definition) is 2. The molecule has 0 spiro atoms. The van der Waals surface area contributed by atoms with Gasteiger partial charge in [-0.1, -0.05) is 23.2 Å². The summed E-state index contributed by atoms with van der Waals surface area (Å²) < 4.78 is 0. The van der Waals surface area contributed by atoms with Crippen molar-refractivity contribution in [1.29, 1.82) is 0 Å². The molecule has 134 valence electrons. The highest BCUT2D eigenvalue weighted by Crippen LogP contribution is 2.28. The molecule has 0 bridgehead atoms. The van der Waals surface area contributed by atoms with Crippen LogP contribution in [0.1, 0.15) is 22.7 Å². The second-order valence-corrected chi connectivity index (χ2v) is 6.69. The first-order valence-electron chi connectivity index (χ1n) is 7.86. The van der Waals surface area contributed by atoms with Crippen molar-refractivity contribution in [3.8, 4) is 0 Å². The smallest absolute Gasteiger partial charge is 0.270 e. The molecule has 1 amide bonds. The molecule has 6 nitrogen and oxygen atoms in total. The molecule has 0 atom stereocenters. The molecular formula is C17H21Cl2N5O. The van der Waals surface area contributed by atoms with E-state index in [4.69, 9.17) is 23.2 Å². The maximum Gasteiger partial charge on any atom is 0.270 e. The zero-order valence-corrected chi connectivity index (χ0v) is 15.9. The van der Waals surface area contributed by atoms with Crippen LogP contribution < -0.4 is 10.6 Å². The van der Waals surface area contributed by atoms with E-state index in [-0.39, 0.29) is 5.91 Å². The first-order valence-corrected chi connectivity index (χ1v) is 8.61. The van der Waals surface area contributed by atoms with Gasteiger partial charge in [0.25, 0.3) is 5.91 Å². The first-order chi connectivity index (χ1) is 11.8. The molecule has 0 radical (unpaired) electrons. The number of benzene rings is 1. The molecular weight excluding hydrogens is 361 g/mol. The Balaban J connectivity index is 2.09. The number of rotatable bonds is 7. The fourth-order valence-electron chi connectivity index (χ4n) is 2.17. The van der Waals surface area contributed by atoms with Crippen LogP contribution in [0.2, 0.25) is 10.0 Å². The average molecular weight is 382 g/mol. The highest BCUT2D eigenvalue weighted by molar-refractivity contribution is 6.35. The Morgan fingerprint density at radius 3 is 2.68 bits per heavy atom. The predicted octanol–water partition coefficient (Wildman–Crippen LogP) is 3.52. The third-order valence-corrected chi connectivity index (χ3v) is 3.89. The predicted molar refractivity (Wildman–Crippen MR) is 102 cm³/mol. The van der Waals surface area contributed by atoms with E-state index in [9.17, 15) is 4.79 Å². The minimum atomic E-state index is -0.232. The minimum absolute atomic E-state index is 0.232. The molecule has 1 heterocycles. The molecule has 8 heteroatoms. The number of halogens is 2. The van der Waals surface area contributed by atoms with Crippen LogP contribution >= 0.6 is 23.2 Å². The molecule has 2 aromatic rings. The monoisotopic (exact) mass is 381 g/mol. The van der Waals surface area contributed by atoms with E-state index in [1.165, 1.54) is 0 Å². The van der Waals surface area contributed by atoms with Crippen molar-refractivity contribution in [2.75, 3.05) is 32.5 Å². The fourth-order valence-corrected chi connectivity index (χ4v) is 2.50. The molecule has 0 aliphatic carbocycles. The number of anilines is 2. The van der Waals surface area contributed by atoms with E-state index in [1.807, 2.05) is 14.1 Å². The Labute approximate surface area is 157 Å². The molecule has 2 rings (SSSR count). The van der Waals surface area contributed by atoms with E-state index < -0.39 is 0 Å². The summed E-state index contributed by atoms with van der Waals surface area (Å²) in [4.78, 5) is 22.8. The molecule has 25 heavy (non-hydrogen) atoms. The lowest BCUT2D eigenvalue weighted by Crippen LogP contribution is -2.28. The lowest BCUT2D eigenvalue weighted by Gasteiger charge is -2.11. The van der Waals surface area contributed by atoms with Crippen LogP contribution in [0.25, 0.3) is 0 Å². The van der Waals surface area contributed by atoms with Gasteiger partial charge in [0.1, 0.15) is 17.3 Å². The lowest BCUT2D eigenvalue weighted by atomic mass is 10.3. The Kier molecular flexibility index (Phi) is 6.99. The third-order valence-electron chi connectivity index (χ3n) is 3.33. The van der Waals surface area contributed by atoms with Gasteiger partial charge < -0.3 is 15.5 Å². The summed E-state index contributed by atoms with van der Waals surface area (Å²) in [5, 5.41) is 7.00. The second-order valence-electron chi connectivity index (χ2n) is 5.85. The number of nitrogens with zero attached hydrogens (tertiary/aromatic N) is 3. The second kappa shape index (κ2) is 8.99. The Morgan fingerprint density at radius 1 is 1.20 bits per heavy atom. The van der Waals surface area contributed by atoms with Crippen LogP contribution in [-0.4, -0.2) is 48.0 Å². The first kappa shape index (κ1) is 19.4. The third kappa shape index (κ3) is 6.16. The van der Waals surface area contributed by atoms with Crippen LogP contribution in [0.4, 0.5) is 11.5 Å². The van der Waals surface area contributed by atoms with Crippen molar-refractivity contribution >= 4 is 40.6 Å². The van der Waals surface area contributed by atoms with Crippen molar-refractivity contribution in [1.82, 2.24) is 20.2 Å². The van der Waals surface area contributed by atoms with Crippen LogP contribution in [0.3, 0.4) is 0 Å².